The lowest BCUT2D eigenvalue weighted by Gasteiger charge is -2.51. The Hall–Kier alpha value is -2.39. The number of cyclic esters (lactones) is 1. The molecule has 0 aliphatic carbocycles. The first-order valence-electron chi connectivity index (χ1n) is 16.2. The van der Waals surface area contributed by atoms with Crippen LogP contribution in [0.4, 0.5) is 0 Å². The number of rotatable bonds is 3. The van der Waals surface area contributed by atoms with Crippen molar-refractivity contribution in [3.05, 3.63) is 23.8 Å². The Morgan fingerprint density at radius 3 is 2.41 bits per heavy atom. The van der Waals surface area contributed by atoms with E-state index in [9.17, 15) is 29.7 Å². The molecular weight excluding hydrogens is 604 g/mol. The van der Waals surface area contributed by atoms with E-state index < -0.39 is 65.9 Å². The summed E-state index contributed by atoms with van der Waals surface area (Å²) in [7, 11) is 1.20. The summed E-state index contributed by atoms with van der Waals surface area (Å²) in [5, 5.41) is 33.7. The van der Waals surface area contributed by atoms with Crippen molar-refractivity contribution in [1.29, 1.82) is 0 Å². The van der Waals surface area contributed by atoms with E-state index in [-0.39, 0.29) is 49.6 Å². The Morgan fingerprint density at radius 1 is 1.04 bits per heavy atom. The minimum absolute atomic E-state index is 0.0186. The van der Waals surface area contributed by atoms with Gasteiger partial charge >= 0.3 is 17.9 Å². The molecule has 10 atom stereocenters. The standard InChI is InChI=1S/C33H50O13/c1-19(34)27-18-26-13-21(14-28(37)40-5)31(42-20(2)35)33(39,46-26)32(3,4)11-9-30-41-12-10-25(44-30)17-24-8-6-7-23(43-24)15-22(36)16-29(38)45-27/h9,11,14,19,22-27,30-31,34,36,39H,6-8,10,12-13,15-18H2,1-5H3/t19-,22-,23+,24-,25+,26+,27-,30+,31?,33-/m1/s1. The summed E-state index contributed by atoms with van der Waals surface area (Å²) in [5.74, 6) is -4.41. The maximum Gasteiger partial charge on any atom is 0.330 e. The lowest BCUT2D eigenvalue weighted by Crippen LogP contribution is -2.62. The van der Waals surface area contributed by atoms with Crippen molar-refractivity contribution in [3.8, 4) is 0 Å². The molecular formula is C33H50O13. The Kier molecular flexibility index (Phi) is 12.4. The van der Waals surface area contributed by atoms with Crippen LogP contribution in [0.3, 0.4) is 0 Å². The number of fused-ring (bicyclic) bond motifs is 6. The fourth-order valence-corrected chi connectivity index (χ4v) is 6.61. The minimum Gasteiger partial charge on any atom is -0.466 e. The SMILES string of the molecule is COC(=O)C=C1C[C@H]2C[C@H]([C@@H](C)O)OC(=O)C[C@H](O)C[C@@H]3CCC[C@H](C[C@@H]4CCO[C@H](C=CC(C)(C)[C@](O)(O2)C1OC(C)=O)O4)O3. The largest absolute Gasteiger partial charge is 0.466 e. The second kappa shape index (κ2) is 15.7. The first-order chi connectivity index (χ1) is 21.7. The van der Waals surface area contributed by atoms with Gasteiger partial charge in [-0.15, -0.1) is 0 Å². The van der Waals surface area contributed by atoms with E-state index in [2.05, 4.69) is 0 Å². The van der Waals surface area contributed by atoms with E-state index in [4.69, 9.17) is 33.2 Å². The van der Waals surface area contributed by atoms with Gasteiger partial charge in [-0.25, -0.2) is 4.79 Å². The number of carbonyl (C=O) groups excluding carboxylic acids is 3. The maximum atomic E-state index is 12.9. The van der Waals surface area contributed by atoms with Crippen molar-refractivity contribution in [2.75, 3.05) is 13.7 Å². The van der Waals surface area contributed by atoms with Crippen LogP contribution in [0.1, 0.15) is 85.5 Å². The van der Waals surface area contributed by atoms with Gasteiger partial charge in [-0.2, -0.15) is 0 Å². The summed E-state index contributed by atoms with van der Waals surface area (Å²) < 4.78 is 40.8. The predicted molar refractivity (Wildman–Crippen MR) is 161 cm³/mol. The van der Waals surface area contributed by atoms with E-state index in [1.807, 2.05) is 0 Å². The fraction of sp³-hybridized carbons (Fsp3) is 0.788. The van der Waals surface area contributed by atoms with Gasteiger partial charge in [-0.05, 0) is 57.1 Å². The van der Waals surface area contributed by atoms with Crippen LogP contribution in [0.2, 0.25) is 0 Å². The van der Waals surface area contributed by atoms with Crippen LogP contribution in [0.15, 0.2) is 23.8 Å². The molecule has 3 N–H and O–H groups in total. The van der Waals surface area contributed by atoms with Crippen LogP contribution in [0.5, 0.6) is 0 Å². The summed E-state index contributed by atoms with van der Waals surface area (Å²) in [5.41, 5.74) is -1.07. The highest BCUT2D eigenvalue weighted by Gasteiger charge is 2.57. The van der Waals surface area contributed by atoms with Gasteiger partial charge < -0.3 is 48.5 Å². The lowest BCUT2D eigenvalue weighted by atomic mass is 9.74. The lowest BCUT2D eigenvalue weighted by molar-refractivity contribution is -0.327. The second-order valence-electron chi connectivity index (χ2n) is 13.4. The molecule has 13 nitrogen and oxygen atoms in total. The third-order valence-corrected chi connectivity index (χ3v) is 9.15. The van der Waals surface area contributed by atoms with Gasteiger partial charge in [0.05, 0.1) is 56.8 Å². The van der Waals surface area contributed by atoms with Crippen molar-refractivity contribution in [2.45, 2.75) is 146 Å². The van der Waals surface area contributed by atoms with Crippen LogP contribution in [0.25, 0.3) is 0 Å². The first kappa shape index (κ1) is 36.4. The van der Waals surface area contributed by atoms with Crippen molar-refractivity contribution >= 4 is 17.9 Å². The highest BCUT2D eigenvalue weighted by molar-refractivity contribution is 5.83. The number of methoxy groups -OCH3 is 1. The van der Waals surface area contributed by atoms with E-state index in [0.717, 1.165) is 25.3 Å². The summed E-state index contributed by atoms with van der Waals surface area (Å²) in [6.07, 6.45) is 1.43. The fourth-order valence-electron chi connectivity index (χ4n) is 6.61. The van der Waals surface area contributed by atoms with E-state index in [1.165, 1.54) is 21.0 Å². The van der Waals surface area contributed by atoms with E-state index >= 15 is 0 Å². The zero-order chi connectivity index (χ0) is 33.6. The van der Waals surface area contributed by atoms with Crippen LogP contribution >= 0.6 is 0 Å². The number of aliphatic hydroxyl groups is 3. The van der Waals surface area contributed by atoms with Crippen LogP contribution in [0, 0.1) is 5.41 Å². The van der Waals surface area contributed by atoms with Crippen LogP contribution in [-0.2, 0) is 47.5 Å². The molecule has 1 unspecified atom stereocenters. The molecule has 0 radical (unpaired) electrons. The molecule has 4 aliphatic rings. The Bertz CT molecular complexity index is 1130. The number of carbonyl (C=O) groups is 3. The molecule has 0 spiro atoms. The predicted octanol–water partition coefficient (Wildman–Crippen LogP) is 2.37. The topological polar surface area (TPSA) is 177 Å². The van der Waals surface area contributed by atoms with Crippen molar-refractivity contribution in [1.82, 2.24) is 0 Å². The van der Waals surface area contributed by atoms with E-state index in [1.54, 1.807) is 26.0 Å². The quantitative estimate of drug-likeness (QED) is 0.175. The monoisotopic (exact) mass is 654 g/mol. The molecule has 46 heavy (non-hydrogen) atoms. The maximum absolute atomic E-state index is 12.9. The molecule has 13 heteroatoms. The molecule has 4 rings (SSSR count). The number of hydrogen-bond donors (Lipinski definition) is 3. The zero-order valence-corrected chi connectivity index (χ0v) is 27.4. The van der Waals surface area contributed by atoms with Gasteiger partial charge in [0.15, 0.2) is 12.4 Å². The average molecular weight is 655 g/mol. The number of aliphatic hydroxyl groups excluding tert-OH is 2. The summed E-state index contributed by atoms with van der Waals surface area (Å²) >= 11 is 0. The molecule has 260 valence electrons. The van der Waals surface area contributed by atoms with Gasteiger partial charge in [-0.1, -0.05) is 19.9 Å². The van der Waals surface area contributed by atoms with Gasteiger partial charge in [0.2, 0.25) is 5.79 Å². The summed E-state index contributed by atoms with van der Waals surface area (Å²) in [4.78, 5) is 37.7. The molecule has 4 aliphatic heterocycles. The number of hydrogen-bond acceptors (Lipinski definition) is 13. The average Bonchev–Trinajstić information content (AvgIpc) is 2.97. The highest BCUT2D eigenvalue weighted by Crippen LogP contribution is 2.47. The molecule has 0 amide bonds. The van der Waals surface area contributed by atoms with Gasteiger partial charge in [0, 0.05) is 31.3 Å². The Morgan fingerprint density at radius 2 is 1.74 bits per heavy atom. The third-order valence-electron chi connectivity index (χ3n) is 9.15. The minimum atomic E-state index is -2.25. The highest BCUT2D eigenvalue weighted by atomic mass is 16.7. The first-order valence-corrected chi connectivity index (χ1v) is 16.2. The van der Waals surface area contributed by atoms with Gasteiger partial charge in [0.25, 0.3) is 0 Å². The normalized spacial score (nSPS) is 39.0. The molecule has 4 heterocycles. The summed E-state index contributed by atoms with van der Waals surface area (Å²) in [6, 6.07) is 0. The number of ether oxygens (including phenoxy) is 7. The van der Waals surface area contributed by atoms with Gasteiger partial charge in [0.1, 0.15) is 6.10 Å². The molecule has 3 fully saturated rings. The summed E-state index contributed by atoms with van der Waals surface area (Å²) in [6.45, 7) is 6.43. The molecule has 0 aromatic heterocycles. The Balaban J connectivity index is 1.72. The third kappa shape index (κ3) is 9.36. The molecule has 0 aromatic rings. The van der Waals surface area contributed by atoms with Crippen LogP contribution < -0.4 is 0 Å². The molecule has 0 saturated carbocycles. The van der Waals surface area contributed by atoms with E-state index in [0.29, 0.717) is 19.4 Å². The zero-order valence-electron chi connectivity index (χ0n) is 27.4. The molecule has 3 saturated heterocycles. The molecule has 0 aromatic carbocycles. The van der Waals surface area contributed by atoms with Crippen molar-refractivity contribution in [3.63, 3.8) is 0 Å². The van der Waals surface area contributed by atoms with Crippen LogP contribution in [-0.4, -0.2) is 108 Å². The second-order valence-corrected chi connectivity index (χ2v) is 13.4. The van der Waals surface area contributed by atoms with Crippen molar-refractivity contribution in [2.24, 2.45) is 5.41 Å². The number of esters is 3. The van der Waals surface area contributed by atoms with Crippen molar-refractivity contribution < 1.29 is 62.9 Å². The van der Waals surface area contributed by atoms with Gasteiger partial charge in [-0.3, -0.25) is 9.59 Å². The smallest absolute Gasteiger partial charge is 0.330 e. The Labute approximate surface area is 270 Å². The molecule has 6 bridgehead atoms.